The average molecular weight is 404 g/mol. The Balaban J connectivity index is -0.0000000702. The minimum Gasteiger partial charge on any atom is -0.547 e. The van der Waals surface area contributed by atoms with Gasteiger partial charge in [-0.15, -0.1) is 0 Å². The zero-order valence-electron chi connectivity index (χ0n) is 13.9. The van der Waals surface area contributed by atoms with Crippen LogP contribution in [0.3, 0.4) is 0 Å². The molecule has 0 aliphatic heterocycles. The van der Waals surface area contributed by atoms with Gasteiger partial charge in [-0.25, -0.2) is 0 Å². The van der Waals surface area contributed by atoms with Crippen LogP contribution in [0.1, 0.15) is 27.7 Å². The van der Waals surface area contributed by atoms with Crippen LogP contribution in [0.15, 0.2) is 0 Å². The fourth-order valence-electron chi connectivity index (χ4n) is 0. The van der Waals surface area contributed by atoms with Crippen molar-refractivity contribution in [2.45, 2.75) is 52.1 Å². The van der Waals surface area contributed by atoms with Gasteiger partial charge in [0.15, 0.2) is 0 Å². The first-order chi connectivity index (χ1) is 10.6. The van der Waals surface area contributed by atoms with Crippen LogP contribution in [0.5, 0.6) is 0 Å². The maximum Gasteiger partial charge on any atom is 4.00 e. The third kappa shape index (κ3) is 45.0. The zero-order valence-corrected chi connectivity index (χ0v) is 15.4. The summed E-state index contributed by atoms with van der Waals surface area (Å²) in [6.45, 7) is 4.54. The van der Waals surface area contributed by atoms with Gasteiger partial charge in [0.1, 0.15) is 0 Å². The summed E-state index contributed by atoms with van der Waals surface area (Å²) in [5.74, 6) is -5.74. The molecule has 0 spiro atoms. The van der Waals surface area contributed by atoms with Crippen molar-refractivity contribution in [1.29, 1.82) is 0 Å². The minimum absolute atomic E-state index is 0. The van der Waals surface area contributed by atoms with Crippen molar-refractivity contribution >= 4 is 23.9 Å². The number of hydrogen-bond donors (Lipinski definition) is 4. The molecule has 0 aliphatic rings. The van der Waals surface area contributed by atoms with E-state index < -0.39 is 48.3 Å². The van der Waals surface area contributed by atoms with E-state index in [0.29, 0.717) is 0 Å². The number of carboxylic acids is 4. The summed E-state index contributed by atoms with van der Waals surface area (Å²) in [5.41, 5.74) is 0. The molecule has 0 rings (SSSR count). The summed E-state index contributed by atoms with van der Waals surface area (Å²) in [6.07, 6.45) is -5.37. The molecule has 4 unspecified atom stereocenters. The van der Waals surface area contributed by atoms with Crippen LogP contribution in [-0.2, 0) is 40.9 Å². The van der Waals surface area contributed by atoms with E-state index in [1.54, 1.807) is 0 Å². The van der Waals surface area contributed by atoms with Crippen molar-refractivity contribution in [3.05, 3.63) is 0 Å². The first-order valence-electron chi connectivity index (χ1n) is 6.13. The summed E-state index contributed by atoms with van der Waals surface area (Å²) in [4.78, 5) is 37.4. The zero-order chi connectivity index (χ0) is 20.6. The summed E-state index contributed by atoms with van der Waals surface area (Å²) < 4.78 is 0. The molecule has 25 heavy (non-hydrogen) atoms. The van der Waals surface area contributed by atoms with Crippen molar-refractivity contribution < 1.29 is 81.7 Å². The standard InChI is InChI=1S/4C3H6O3.Ti/c4*1-2(4)3(5)6;/h4*2,4H,1H3,(H,5,6);/q;;;;+4/p-4. The van der Waals surface area contributed by atoms with Gasteiger partial charge in [-0.05, 0) is 27.7 Å². The SMILES string of the molecule is CC(O)C(=O)[O-].CC(O)C(=O)[O-].CC(O)C(=O)[O-].CC(O)C(=O)[O-].[Ti+4]. The Morgan fingerprint density at radius 1 is 0.520 bits per heavy atom. The van der Waals surface area contributed by atoms with E-state index in [1.165, 1.54) is 0 Å². The molecular formula is C12H20O12Ti. The minimum atomic E-state index is -1.44. The second kappa shape index (κ2) is 20.5. The Kier molecular flexibility index (Phi) is 28.4. The molecule has 0 saturated heterocycles. The van der Waals surface area contributed by atoms with Gasteiger partial charge in [0.25, 0.3) is 0 Å². The Labute approximate surface area is 158 Å². The second-order valence-electron chi connectivity index (χ2n) is 3.98. The fourth-order valence-corrected chi connectivity index (χ4v) is 0. The quantitative estimate of drug-likeness (QED) is 0.319. The van der Waals surface area contributed by atoms with Gasteiger partial charge in [-0.2, -0.15) is 0 Å². The summed E-state index contributed by atoms with van der Waals surface area (Å²) >= 11 is 0. The monoisotopic (exact) mass is 404 g/mol. The Hall–Kier alpha value is -1.57. The van der Waals surface area contributed by atoms with E-state index in [9.17, 15) is 39.6 Å². The molecule has 0 radical (unpaired) electrons. The maximum absolute atomic E-state index is 9.34. The number of carbonyl (C=O) groups excluding carboxylic acids is 4. The Bertz CT molecular complexity index is 306. The molecule has 0 aliphatic carbocycles. The molecule has 0 aromatic carbocycles. The first-order valence-corrected chi connectivity index (χ1v) is 6.13. The number of aliphatic hydroxyl groups excluding tert-OH is 4. The molecule has 12 nitrogen and oxygen atoms in total. The van der Waals surface area contributed by atoms with Crippen molar-refractivity contribution in [3.8, 4) is 0 Å². The molecule has 0 heterocycles. The fraction of sp³-hybridized carbons (Fsp3) is 0.667. The molecule has 0 fully saturated rings. The number of carbonyl (C=O) groups is 4. The molecule has 0 saturated carbocycles. The number of carboxylic acid groups (broad SMARTS) is 4. The van der Waals surface area contributed by atoms with Crippen LogP contribution < -0.4 is 20.4 Å². The van der Waals surface area contributed by atoms with Gasteiger partial charge in [0, 0.05) is 0 Å². The normalized spacial score (nSPS) is 13.1. The van der Waals surface area contributed by atoms with Crippen LogP contribution in [-0.4, -0.2) is 68.7 Å². The number of rotatable bonds is 4. The summed E-state index contributed by atoms with van der Waals surface area (Å²) in [6, 6.07) is 0. The molecule has 0 bridgehead atoms. The van der Waals surface area contributed by atoms with Gasteiger partial charge in [-0.3, -0.25) is 0 Å². The third-order valence-electron chi connectivity index (χ3n) is 1.36. The van der Waals surface area contributed by atoms with Crippen LogP contribution >= 0.6 is 0 Å². The molecule has 0 amide bonds. The average Bonchev–Trinajstić information content (AvgIpc) is 2.40. The van der Waals surface area contributed by atoms with Gasteiger partial charge < -0.3 is 60.0 Å². The Morgan fingerprint density at radius 2 is 0.560 bits per heavy atom. The third-order valence-corrected chi connectivity index (χ3v) is 1.36. The van der Waals surface area contributed by atoms with Crippen LogP contribution in [0, 0.1) is 0 Å². The van der Waals surface area contributed by atoms with E-state index in [2.05, 4.69) is 0 Å². The van der Waals surface area contributed by atoms with E-state index in [0.717, 1.165) is 27.7 Å². The van der Waals surface area contributed by atoms with E-state index in [1.807, 2.05) is 0 Å². The molecular weight excluding hydrogens is 384 g/mol. The van der Waals surface area contributed by atoms with Gasteiger partial charge in [0.05, 0.1) is 48.3 Å². The molecule has 0 aromatic rings. The smallest absolute Gasteiger partial charge is 0.547 e. The van der Waals surface area contributed by atoms with Crippen LogP contribution in [0.25, 0.3) is 0 Å². The number of aliphatic carboxylic acids is 4. The number of aliphatic hydroxyl groups is 4. The largest absolute Gasteiger partial charge is 4.00 e. The van der Waals surface area contributed by atoms with Crippen LogP contribution in [0.2, 0.25) is 0 Å². The van der Waals surface area contributed by atoms with Crippen molar-refractivity contribution in [1.82, 2.24) is 0 Å². The topological polar surface area (TPSA) is 241 Å². The predicted molar refractivity (Wildman–Crippen MR) is 66.8 cm³/mol. The maximum atomic E-state index is 9.34. The van der Waals surface area contributed by atoms with Crippen molar-refractivity contribution in [2.24, 2.45) is 0 Å². The van der Waals surface area contributed by atoms with Crippen molar-refractivity contribution in [2.75, 3.05) is 0 Å². The number of hydrogen-bond acceptors (Lipinski definition) is 12. The van der Waals surface area contributed by atoms with Crippen LogP contribution in [0.4, 0.5) is 0 Å². The summed E-state index contributed by atoms with van der Waals surface area (Å²) in [7, 11) is 0. The Morgan fingerprint density at radius 3 is 0.560 bits per heavy atom. The van der Waals surface area contributed by atoms with Gasteiger partial charge in [0.2, 0.25) is 0 Å². The van der Waals surface area contributed by atoms with Crippen molar-refractivity contribution in [3.63, 3.8) is 0 Å². The van der Waals surface area contributed by atoms with Gasteiger partial charge >= 0.3 is 21.7 Å². The second-order valence-corrected chi connectivity index (χ2v) is 3.98. The van der Waals surface area contributed by atoms with E-state index >= 15 is 0 Å². The molecule has 4 N–H and O–H groups in total. The molecule has 4 atom stereocenters. The summed E-state index contributed by atoms with van der Waals surface area (Å²) in [5, 5.41) is 69.2. The first kappa shape index (κ1) is 34.7. The van der Waals surface area contributed by atoms with E-state index in [-0.39, 0.29) is 21.7 Å². The van der Waals surface area contributed by atoms with Gasteiger partial charge in [-0.1, -0.05) is 0 Å². The predicted octanol–water partition coefficient (Wildman–Crippen LogP) is -7.53. The molecule has 13 heteroatoms. The molecule has 0 aromatic heterocycles. The molecule has 144 valence electrons. The van der Waals surface area contributed by atoms with E-state index in [4.69, 9.17) is 20.4 Å².